The second kappa shape index (κ2) is 7.15. The number of sulfonamides is 1. The summed E-state index contributed by atoms with van der Waals surface area (Å²) in [4.78, 5) is 12.2. The number of halogens is 1. The summed E-state index contributed by atoms with van der Waals surface area (Å²) < 4.78 is 32.6. The first-order valence-electron chi connectivity index (χ1n) is 7.90. The van der Waals surface area contributed by atoms with Crippen LogP contribution in [0.5, 0.6) is 0 Å². The van der Waals surface area contributed by atoms with E-state index in [1.807, 2.05) is 31.2 Å². The van der Waals surface area contributed by atoms with Crippen molar-refractivity contribution in [3.05, 3.63) is 64.2 Å². The number of rotatable bonds is 6. The fourth-order valence-electron chi connectivity index (χ4n) is 2.32. The van der Waals surface area contributed by atoms with Crippen LogP contribution in [0.25, 0.3) is 0 Å². The Morgan fingerprint density at radius 1 is 1.24 bits per heavy atom. The van der Waals surface area contributed by atoms with Gasteiger partial charge in [-0.1, -0.05) is 35.9 Å². The van der Waals surface area contributed by atoms with Crippen molar-refractivity contribution in [2.75, 3.05) is 0 Å². The highest BCUT2D eigenvalue weighted by Gasteiger charge is 2.29. The maximum Gasteiger partial charge on any atom is 0.338 e. The minimum atomic E-state index is -3.75. The number of carbonyl (C=O) groups excluding carboxylic acids is 1. The molecule has 0 saturated heterocycles. The van der Waals surface area contributed by atoms with Crippen LogP contribution in [0.2, 0.25) is 5.02 Å². The highest BCUT2D eigenvalue weighted by Crippen LogP contribution is 2.27. The van der Waals surface area contributed by atoms with E-state index in [0.29, 0.717) is 0 Å². The summed E-state index contributed by atoms with van der Waals surface area (Å²) in [6, 6.07) is 11.6. The molecular formula is C18H18ClNO4S. The first-order valence-corrected chi connectivity index (χ1v) is 9.76. The third kappa shape index (κ3) is 4.39. The van der Waals surface area contributed by atoms with E-state index in [4.69, 9.17) is 16.3 Å². The van der Waals surface area contributed by atoms with E-state index < -0.39 is 16.0 Å². The minimum Gasteiger partial charge on any atom is -0.457 e. The molecule has 0 radical (unpaired) electrons. The summed E-state index contributed by atoms with van der Waals surface area (Å²) in [5, 5.41) is 0.0728. The van der Waals surface area contributed by atoms with E-state index in [0.717, 1.165) is 24.0 Å². The number of esters is 1. The zero-order valence-corrected chi connectivity index (χ0v) is 15.2. The van der Waals surface area contributed by atoms with Gasteiger partial charge in [-0.25, -0.2) is 17.9 Å². The van der Waals surface area contributed by atoms with Gasteiger partial charge in [0.2, 0.25) is 10.0 Å². The van der Waals surface area contributed by atoms with Crippen LogP contribution in [0.4, 0.5) is 0 Å². The molecule has 0 aliphatic heterocycles. The first-order chi connectivity index (χ1) is 11.9. The van der Waals surface area contributed by atoms with E-state index in [-0.39, 0.29) is 28.1 Å². The molecule has 5 nitrogen and oxygen atoms in total. The zero-order chi connectivity index (χ0) is 18.0. The Bertz CT molecular complexity index is 907. The van der Waals surface area contributed by atoms with Crippen molar-refractivity contribution >= 4 is 27.6 Å². The van der Waals surface area contributed by atoms with Crippen LogP contribution >= 0.6 is 11.6 Å². The second-order valence-electron chi connectivity index (χ2n) is 6.04. The third-order valence-corrected chi connectivity index (χ3v) is 5.98. The summed E-state index contributed by atoms with van der Waals surface area (Å²) in [6.07, 6.45) is 1.63. The molecule has 25 heavy (non-hydrogen) atoms. The average Bonchev–Trinajstić information content (AvgIpc) is 3.37. The Balaban J connectivity index is 1.77. The maximum atomic E-state index is 12.4. The van der Waals surface area contributed by atoms with Gasteiger partial charge in [0.1, 0.15) is 11.5 Å². The lowest BCUT2D eigenvalue weighted by atomic mass is 10.1. The molecule has 132 valence electrons. The molecule has 0 spiro atoms. The van der Waals surface area contributed by atoms with E-state index in [1.54, 1.807) is 0 Å². The Hall–Kier alpha value is -1.89. The molecule has 2 aromatic rings. The molecule has 1 aliphatic rings. The minimum absolute atomic E-state index is 0.0438. The van der Waals surface area contributed by atoms with Crippen LogP contribution in [-0.2, 0) is 21.4 Å². The fraction of sp³-hybridized carbons (Fsp3) is 0.278. The van der Waals surface area contributed by atoms with Gasteiger partial charge in [-0.15, -0.1) is 0 Å². The van der Waals surface area contributed by atoms with Gasteiger partial charge in [0.15, 0.2) is 0 Å². The monoisotopic (exact) mass is 379 g/mol. The molecule has 0 atom stereocenters. The summed E-state index contributed by atoms with van der Waals surface area (Å²) in [7, 11) is -3.75. The number of aryl methyl sites for hydroxylation is 1. The van der Waals surface area contributed by atoms with Crippen molar-refractivity contribution in [2.24, 2.45) is 0 Å². The molecule has 1 aliphatic carbocycles. The van der Waals surface area contributed by atoms with E-state index in [2.05, 4.69) is 4.72 Å². The van der Waals surface area contributed by atoms with E-state index in [9.17, 15) is 13.2 Å². The van der Waals surface area contributed by atoms with Crippen LogP contribution in [0, 0.1) is 6.92 Å². The normalized spacial score (nSPS) is 14.3. The number of carbonyl (C=O) groups is 1. The van der Waals surface area contributed by atoms with Gasteiger partial charge in [0.25, 0.3) is 0 Å². The predicted octanol–water partition coefficient (Wildman–Crippen LogP) is 3.45. The largest absolute Gasteiger partial charge is 0.457 e. The van der Waals surface area contributed by atoms with Gasteiger partial charge in [-0.3, -0.25) is 0 Å². The second-order valence-corrected chi connectivity index (χ2v) is 8.13. The first kappa shape index (κ1) is 17.9. The summed E-state index contributed by atoms with van der Waals surface area (Å²) in [6.45, 7) is 2.05. The van der Waals surface area contributed by atoms with Crippen molar-refractivity contribution < 1.29 is 17.9 Å². The summed E-state index contributed by atoms with van der Waals surface area (Å²) in [5.41, 5.74) is 2.06. The lowest BCUT2D eigenvalue weighted by Gasteiger charge is -2.10. The van der Waals surface area contributed by atoms with Crippen molar-refractivity contribution in [2.45, 2.75) is 37.3 Å². The SMILES string of the molecule is Cc1ccccc1COC(=O)c1ccc(Cl)c(S(=O)(=O)NC2CC2)c1. The predicted molar refractivity (Wildman–Crippen MR) is 95.1 cm³/mol. The zero-order valence-electron chi connectivity index (χ0n) is 13.7. The molecule has 1 saturated carbocycles. The Morgan fingerprint density at radius 2 is 1.96 bits per heavy atom. The van der Waals surface area contributed by atoms with Gasteiger partial charge < -0.3 is 4.74 Å². The van der Waals surface area contributed by atoms with Gasteiger partial charge >= 0.3 is 5.97 Å². The molecule has 0 bridgehead atoms. The van der Waals surface area contributed by atoms with Gasteiger partial charge in [0, 0.05) is 6.04 Å². The number of hydrogen-bond donors (Lipinski definition) is 1. The van der Waals surface area contributed by atoms with E-state index >= 15 is 0 Å². The highest BCUT2D eigenvalue weighted by molar-refractivity contribution is 7.89. The molecule has 1 fully saturated rings. The maximum absolute atomic E-state index is 12.4. The molecule has 0 unspecified atom stereocenters. The molecule has 7 heteroatoms. The van der Waals surface area contributed by atoms with Crippen molar-refractivity contribution in [3.63, 3.8) is 0 Å². The molecule has 1 N–H and O–H groups in total. The third-order valence-electron chi connectivity index (χ3n) is 3.98. The topological polar surface area (TPSA) is 72.5 Å². The van der Waals surface area contributed by atoms with Crippen molar-refractivity contribution in [3.8, 4) is 0 Å². The fourth-order valence-corrected chi connectivity index (χ4v) is 4.15. The Morgan fingerprint density at radius 3 is 2.64 bits per heavy atom. The van der Waals surface area contributed by atoms with Crippen LogP contribution < -0.4 is 4.72 Å². The average molecular weight is 380 g/mol. The molecule has 0 aromatic heterocycles. The molecule has 2 aromatic carbocycles. The number of nitrogens with one attached hydrogen (secondary N) is 1. The summed E-state index contributed by atoms with van der Waals surface area (Å²) in [5.74, 6) is -0.595. The van der Waals surface area contributed by atoms with Crippen LogP contribution in [0.15, 0.2) is 47.4 Å². The number of hydrogen-bond acceptors (Lipinski definition) is 4. The van der Waals surface area contributed by atoms with Crippen LogP contribution in [0.1, 0.15) is 34.3 Å². The molecular weight excluding hydrogens is 362 g/mol. The van der Waals surface area contributed by atoms with Crippen LogP contribution in [0.3, 0.4) is 0 Å². The number of ether oxygens (including phenoxy) is 1. The molecule has 0 amide bonds. The Kier molecular flexibility index (Phi) is 5.13. The van der Waals surface area contributed by atoms with Gasteiger partial charge in [-0.2, -0.15) is 0 Å². The lowest BCUT2D eigenvalue weighted by Crippen LogP contribution is -2.26. The van der Waals surface area contributed by atoms with Crippen LogP contribution in [-0.4, -0.2) is 20.4 Å². The molecule has 3 rings (SSSR count). The molecule has 0 heterocycles. The van der Waals surface area contributed by atoms with Gasteiger partial charge in [-0.05, 0) is 49.1 Å². The lowest BCUT2D eigenvalue weighted by molar-refractivity contribution is 0.0472. The van der Waals surface area contributed by atoms with Crippen molar-refractivity contribution in [1.29, 1.82) is 0 Å². The quantitative estimate of drug-likeness (QED) is 0.780. The Labute approximate surface area is 152 Å². The number of benzene rings is 2. The van der Waals surface area contributed by atoms with Gasteiger partial charge in [0.05, 0.1) is 10.6 Å². The summed E-state index contributed by atoms with van der Waals surface area (Å²) >= 11 is 6.01. The standard InChI is InChI=1S/C18H18ClNO4S/c1-12-4-2-3-5-14(12)11-24-18(21)13-6-9-16(19)17(10-13)25(22,23)20-15-7-8-15/h2-6,9-10,15,20H,7-8,11H2,1H3. The van der Waals surface area contributed by atoms with E-state index in [1.165, 1.54) is 18.2 Å². The highest BCUT2D eigenvalue weighted by atomic mass is 35.5. The smallest absolute Gasteiger partial charge is 0.338 e. The van der Waals surface area contributed by atoms with Crippen molar-refractivity contribution in [1.82, 2.24) is 4.72 Å².